The van der Waals surface area contributed by atoms with E-state index in [1.807, 2.05) is 25.1 Å². The molecule has 0 radical (unpaired) electrons. The van der Waals surface area contributed by atoms with Gasteiger partial charge in [0.25, 0.3) is 0 Å². The number of nitrogens with one attached hydrogen (secondary N) is 1. The fourth-order valence-corrected chi connectivity index (χ4v) is 1.72. The molecule has 1 aromatic carbocycles. The monoisotopic (exact) mass is 280 g/mol. The van der Waals surface area contributed by atoms with Gasteiger partial charge < -0.3 is 14.8 Å². The molecule has 2 aromatic rings. The van der Waals surface area contributed by atoms with Gasteiger partial charge in [-0.05, 0) is 42.3 Å². The smallest absolute Gasteiger partial charge is 0.322 e. The number of hydrogen-bond donors (Lipinski definition) is 1. The van der Waals surface area contributed by atoms with Crippen LogP contribution >= 0.6 is 11.6 Å². The highest BCUT2D eigenvalue weighted by Gasteiger charge is 2.06. The van der Waals surface area contributed by atoms with Crippen molar-refractivity contribution in [2.75, 3.05) is 19.5 Å². The van der Waals surface area contributed by atoms with Crippen LogP contribution in [0.2, 0.25) is 5.28 Å². The quantitative estimate of drug-likeness (QED) is 0.928. The Morgan fingerprint density at radius 1 is 1.11 bits per heavy atom. The fraction of sp³-hybridized carbons (Fsp3) is 0.250. The van der Waals surface area contributed by atoms with Crippen LogP contribution in [-0.2, 0) is 0 Å². The van der Waals surface area contributed by atoms with Crippen molar-refractivity contribution in [3.8, 4) is 11.8 Å². The lowest BCUT2D eigenvalue weighted by atomic mass is 10.2. The molecule has 1 heterocycles. The van der Waals surface area contributed by atoms with Crippen molar-refractivity contribution >= 4 is 23.2 Å². The van der Waals surface area contributed by atoms with Gasteiger partial charge in [-0.15, -0.1) is 0 Å². The molecule has 0 unspecified atom stereocenters. The molecule has 0 saturated carbocycles. The molecule has 0 aliphatic carbocycles. The van der Waals surface area contributed by atoms with E-state index < -0.39 is 0 Å². The number of halogens is 1. The fourth-order valence-electron chi connectivity index (χ4n) is 1.56. The van der Waals surface area contributed by atoms with Crippen LogP contribution in [0.1, 0.15) is 5.56 Å². The average molecular weight is 281 g/mol. The Hall–Kier alpha value is -2.08. The molecule has 1 aromatic heterocycles. The molecule has 6 nitrogen and oxygen atoms in total. The third-order valence-corrected chi connectivity index (χ3v) is 2.59. The van der Waals surface area contributed by atoms with Gasteiger partial charge in [-0.25, -0.2) is 0 Å². The van der Waals surface area contributed by atoms with Crippen molar-refractivity contribution in [2.45, 2.75) is 6.92 Å². The van der Waals surface area contributed by atoms with Crippen LogP contribution < -0.4 is 14.8 Å². The van der Waals surface area contributed by atoms with E-state index in [1.165, 1.54) is 7.11 Å². The summed E-state index contributed by atoms with van der Waals surface area (Å²) in [6.07, 6.45) is 0. The summed E-state index contributed by atoms with van der Waals surface area (Å²) in [6.45, 7) is 1.95. The Morgan fingerprint density at radius 3 is 2.53 bits per heavy atom. The number of nitrogens with zero attached hydrogens (tertiary/aromatic N) is 3. The first kappa shape index (κ1) is 13.4. The molecule has 0 fully saturated rings. The largest absolute Gasteiger partial charge is 0.496 e. The number of rotatable bonds is 4. The van der Waals surface area contributed by atoms with Crippen LogP contribution in [0.15, 0.2) is 18.2 Å². The normalized spacial score (nSPS) is 10.1. The SMILES string of the molecule is COc1nc(Cl)nc(Nc2ccc(OC)c(C)c2)n1. The Balaban J connectivity index is 2.25. The van der Waals surface area contributed by atoms with Gasteiger partial charge in [0.1, 0.15) is 5.75 Å². The maximum absolute atomic E-state index is 5.77. The first-order chi connectivity index (χ1) is 9.12. The van der Waals surface area contributed by atoms with E-state index in [2.05, 4.69) is 20.3 Å². The summed E-state index contributed by atoms with van der Waals surface area (Å²) in [5.41, 5.74) is 1.82. The summed E-state index contributed by atoms with van der Waals surface area (Å²) < 4.78 is 10.1. The van der Waals surface area contributed by atoms with Crippen molar-refractivity contribution in [1.82, 2.24) is 15.0 Å². The van der Waals surface area contributed by atoms with E-state index in [1.54, 1.807) is 7.11 Å². The zero-order valence-corrected chi connectivity index (χ0v) is 11.5. The second kappa shape index (κ2) is 5.71. The van der Waals surface area contributed by atoms with E-state index >= 15 is 0 Å². The summed E-state index contributed by atoms with van der Waals surface area (Å²) in [7, 11) is 3.10. The van der Waals surface area contributed by atoms with Gasteiger partial charge in [0.05, 0.1) is 14.2 Å². The summed E-state index contributed by atoms with van der Waals surface area (Å²) in [5.74, 6) is 1.14. The molecular formula is C12H13ClN4O2. The number of benzene rings is 1. The molecule has 0 bridgehead atoms. The predicted molar refractivity (Wildman–Crippen MR) is 72.4 cm³/mol. The lowest BCUT2D eigenvalue weighted by Crippen LogP contribution is -2.02. The van der Waals surface area contributed by atoms with Crippen LogP contribution in [0.5, 0.6) is 11.8 Å². The molecule has 0 spiro atoms. The summed E-state index contributed by atoms with van der Waals surface area (Å²) in [4.78, 5) is 11.8. The van der Waals surface area contributed by atoms with Gasteiger partial charge in [-0.2, -0.15) is 15.0 Å². The topological polar surface area (TPSA) is 69.2 Å². The Kier molecular flexibility index (Phi) is 4.01. The standard InChI is InChI=1S/C12H13ClN4O2/c1-7-6-8(4-5-9(7)18-2)14-11-15-10(13)16-12(17-11)19-3/h4-6H,1-3H3,(H,14,15,16,17). The number of hydrogen-bond acceptors (Lipinski definition) is 6. The number of ether oxygens (including phenoxy) is 2. The molecule has 0 amide bonds. The van der Waals surface area contributed by atoms with Gasteiger partial charge in [0.15, 0.2) is 0 Å². The Morgan fingerprint density at radius 2 is 1.89 bits per heavy atom. The summed E-state index contributed by atoms with van der Waals surface area (Å²) >= 11 is 5.77. The number of aryl methyl sites for hydroxylation is 1. The van der Waals surface area contributed by atoms with E-state index in [0.29, 0.717) is 5.95 Å². The van der Waals surface area contributed by atoms with Gasteiger partial charge in [0, 0.05) is 5.69 Å². The first-order valence-electron chi connectivity index (χ1n) is 5.49. The second-order valence-corrected chi connectivity index (χ2v) is 4.06. The van der Waals surface area contributed by atoms with E-state index in [4.69, 9.17) is 21.1 Å². The van der Waals surface area contributed by atoms with Crippen molar-refractivity contribution in [1.29, 1.82) is 0 Å². The minimum Gasteiger partial charge on any atom is -0.496 e. The van der Waals surface area contributed by atoms with Crippen LogP contribution in [-0.4, -0.2) is 29.2 Å². The maximum Gasteiger partial charge on any atom is 0.322 e. The Bertz CT molecular complexity index is 592. The van der Waals surface area contributed by atoms with Crippen molar-refractivity contribution in [3.63, 3.8) is 0 Å². The van der Waals surface area contributed by atoms with Crippen LogP contribution in [0.25, 0.3) is 0 Å². The highest BCUT2D eigenvalue weighted by molar-refractivity contribution is 6.28. The minimum absolute atomic E-state index is 0.0691. The van der Waals surface area contributed by atoms with Gasteiger partial charge in [-0.1, -0.05) is 0 Å². The third kappa shape index (κ3) is 3.23. The highest BCUT2D eigenvalue weighted by atomic mass is 35.5. The molecular weight excluding hydrogens is 268 g/mol. The van der Waals surface area contributed by atoms with Crippen molar-refractivity contribution in [2.24, 2.45) is 0 Å². The molecule has 1 N–H and O–H groups in total. The first-order valence-corrected chi connectivity index (χ1v) is 5.87. The zero-order valence-electron chi connectivity index (χ0n) is 10.8. The van der Waals surface area contributed by atoms with Crippen LogP contribution in [0.4, 0.5) is 11.6 Å². The molecule has 19 heavy (non-hydrogen) atoms. The second-order valence-electron chi connectivity index (χ2n) is 3.72. The average Bonchev–Trinajstić information content (AvgIpc) is 2.38. The van der Waals surface area contributed by atoms with E-state index in [-0.39, 0.29) is 11.3 Å². The molecule has 100 valence electrons. The number of anilines is 2. The van der Waals surface area contributed by atoms with Crippen LogP contribution in [0, 0.1) is 6.92 Å². The molecule has 0 aliphatic rings. The van der Waals surface area contributed by atoms with Gasteiger partial charge in [0.2, 0.25) is 11.2 Å². The zero-order chi connectivity index (χ0) is 13.8. The van der Waals surface area contributed by atoms with Gasteiger partial charge in [-0.3, -0.25) is 0 Å². The summed E-state index contributed by atoms with van der Waals surface area (Å²) in [6, 6.07) is 5.80. The lowest BCUT2D eigenvalue weighted by molar-refractivity contribution is 0.379. The van der Waals surface area contributed by atoms with Crippen molar-refractivity contribution < 1.29 is 9.47 Å². The van der Waals surface area contributed by atoms with Crippen molar-refractivity contribution in [3.05, 3.63) is 29.0 Å². The van der Waals surface area contributed by atoms with E-state index in [0.717, 1.165) is 17.0 Å². The molecule has 0 atom stereocenters. The summed E-state index contributed by atoms with van der Waals surface area (Å²) in [5, 5.41) is 3.10. The lowest BCUT2D eigenvalue weighted by Gasteiger charge is -2.09. The number of methoxy groups -OCH3 is 2. The third-order valence-electron chi connectivity index (χ3n) is 2.42. The minimum atomic E-state index is 0.0691. The molecule has 0 aliphatic heterocycles. The molecule has 2 rings (SSSR count). The Labute approximate surface area is 115 Å². The van der Waals surface area contributed by atoms with Crippen LogP contribution in [0.3, 0.4) is 0 Å². The van der Waals surface area contributed by atoms with E-state index in [9.17, 15) is 0 Å². The van der Waals surface area contributed by atoms with Gasteiger partial charge >= 0.3 is 6.01 Å². The maximum atomic E-state index is 5.77. The molecule has 7 heteroatoms. The predicted octanol–water partition coefficient (Wildman–Crippen LogP) is 2.59. The highest BCUT2D eigenvalue weighted by Crippen LogP contribution is 2.23. The number of aromatic nitrogens is 3. The molecule has 0 saturated heterocycles.